The molecular weight excluding hydrogens is 481 g/mol. The first-order valence-corrected chi connectivity index (χ1v) is 10.9. The van der Waals surface area contributed by atoms with Gasteiger partial charge in [0.15, 0.2) is 0 Å². The smallest absolute Gasteiger partial charge is 0.325 e. The minimum absolute atomic E-state index is 0.0410. The topological polar surface area (TPSA) is 68.9 Å². The van der Waals surface area contributed by atoms with Gasteiger partial charge in [-0.05, 0) is 48.4 Å². The van der Waals surface area contributed by atoms with E-state index in [1.807, 2.05) is 31.2 Å². The Labute approximate surface area is 203 Å². The van der Waals surface area contributed by atoms with Crippen molar-refractivity contribution >= 4 is 23.2 Å². The molecule has 0 saturated heterocycles. The highest BCUT2D eigenvalue weighted by Crippen LogP contribution is 2.31. The van der Waals surface area contributed by atoms with Crippen LogP contribution in [-0.4, -0.2) is 14.1 Å². The SMILES string of the molecule is Cc1ccc(Cn2c(Nc3cccc(C(F)(F)F)c3)nc(=O)n(Cc3ccc(Cl)cc3)c2=O)cc1. The molecule has 0 aliphatic heterocycles. The summed E-state index contributed by atoms with van der Waals surface area (Å²) in [4.78, 5) is 30.2. The molecule has 0 unspecified atom stereocenters. The number of anilines is 2. The molecule has 0 spiro atoms. The number of hydrogen-bond acceptors (Lipinski definition) is 4. The van der Waals surface area contributed by atoms with Gasteiger partial charge in [-0.15, -0.1) is 0 Å². The molecule has 1 aromatic heterocycles. The molecule has 0 radical (unpaired) electrons. The number of alkyl halides is 3. The molecule has 35 heavy (non-hydrogen) atoms. The number of nitrogens with zero attached hydrogens (tertiary/aromatic N) is 3. The molecule has 0 fully saturated rings. The van der Waals surface area contributed by atoms with E-state index < -0.39 is 23.1 Å². The summed E-state index contributed by atoms with van der Waals surface area (Å²) in [5.74, 6) is -0.160. The highest BCUT2D eigenvalue weighted by Gasteiger charge is 2.30. The van der Waals surface area contributed by atoms with Crippen LogP contribution in [0, 0.1) is 6.92 Å². The van der Waals surface area contributed by atoms with Gasteiger partial charge in [-0.25, -0.2) is 14.2 Å². The van der Waals surface area contributed by atoms with Crippen molar-refractivity contribution in [3.8, 4) is 0 Å². The van der Waals surface area contributed by atoms with Gasteiger partial charge in [0.2, 0.25) is 5.95 Å². The Hall–Kier alpha value is -3.85. The monoisotopic (exact) mass is 500 g/mol. The van der Waals surface area contributed by atoms with Gasteiger partial charge in [-0.1, -0.05) is 59.6 Å². The van der Waals surface area contributed by atoms with E-state index in [9.17, 15) is 22.8 Å². The van der Waals surface area contributed by atoms with E-state index in [1.54, 1.807) is 24.3 Å². The minimum Gasteiger partial charge on any atom is -0.325 e. The fourth-order valence-corrected chi connectivity index (χ4v) is 3.58. The Morgan fingerprint density at radius 3 is 2.11 bits per heavy atom. The largest absolute Gasteiger partial charge is 0.416 e. The molecule has 1 N–H and O–H groups in total. The summed E-state index contributed by atoms with van der Waals surface area (Å²) in [7, 11) is 0. The van der Waals surface area contributed by atoms with Crippen molar-refractivity contribution < 1.29 is 13.2 Å². The first-order chi connectivity index (χ1) is 16.6. The van der Waals surface area contributed by atoms with Gasteiger partial charge in [0.1, 0.15) is 0 Å². The van der Waals surface area contributed by atoms with Crippen LogP contribution in [-0.2, 0) is 19.3 Å². The lowest BCUT2D eigenvalue weighted by Crippen LogP contribution is -2.43. The van der Waals surface area contributed by atoms with Crippen LogP contribution in [0.3, 0.4) is 0 Å². The fraction of sp³-hybridized carbons (Fsp3) is 0.160. The number of nitrogens with one attached hydrogen (secondary N) is 1. The maximum absolute atomic E-state index is 13.4. The Kier molecular flexibility index (Phi) is 6.79. The summed E-state index contributed by atoms with van der Waals surface area (Å²) < 4.78 is 41.7. The molecule has 6 nitrogen and oxygen atoms in total. The molecule has 0 aliphatic carbocycles. The zero-order valence-electron chi connectivity index (χ0n) is 18.5. The predicted molar refractivity (Wildman–Crippen MR) is 128 cm³/mol. The number of benzene rings is 3. The molecule has 4 aromatic rings. The fourth-order valence-electron chi connectivity index (χ4n) is 3.45. The quantitative estimate of drug-likeness (QED) is 0.394. The van der Waals surface area contributed by atoms with Crippen molar-refractivity contribution in [3.63, 3.8) is 0 Å². The lowest BCUT2D eigenvalue weighted by molar-refractivity contribution is -0.137. The van der Waals surface area contributed by atoms with Gasteiger partial charge < -0.3 is 5.32 Å². The zero-order valence-corrected chi connectivity index (χ0v) is 19.3. The molecule has 0 bridgehead atoms. The van der Waals surface area contributed by atoms with Crippen LogP contribution >= 0.6 is 11.6 Å². The Morgan fingerprint density at radius 1 is 0.886 bits per heavy atom. The van der Waals surface area contributed by atoms with Gasteiger partial charge in [0.05, 0.1) is 18.7 Å². The van der Waals surface area contributed by atoms with E-state index in [4.69, 9.17) is 11.6 Å². The van der Waals surface area contributed by atoms with Gasteiger partial charge in [-0.2, -0.15) is 18.2 Å². The Balaban J connectivity index is 1.79. The summed E-state index contributed by atoms with van der Waals surface area (Å²) in [6.45, 7) is 1.93. The highest BCUT2D eigenvalue weighted by molar-refractivity contribution is 6.30. The third kappa shape index (κ3) is 5.81. The standard InChI is InChI=1S/C25H20ClF3N4O2/c1-16-5-7-17(8-6-16)14-32-22(30-21-4-2-3-19(13-21)25(27,28)29)31-23(34)33(24(32)35)15-18-9-11-20(26)12-10-18/h2-13H,14-15H2,1H3,(H,30,31,34). The van der Waals surface area contributed by atoms with Crippen molar-refractivity contribution in [2.75, 3.05) is 5.32 Å². The number of halogens is 4. The maximum Gasteiger partial charge on any atom is 0.416 e. The molecule has 0 amide bonds. The van der Waals surface area contributed by atoms with Crippen LogP contribution in [0.4, 0.5) is 24.8 Å². The summed E-state index contributed by atoms with van der Waals surface area (Å²) >= 11 is 5.92. The Morgan fingerprint density at radius 2 is 1.49 bits per heavy atom. The summed E-state index contributed by atoms with van der Waals surface area (Å²) in [5, 5.41) is 3.23. The summed E-state index contributed by atoms with van der Waals surface area (Å²) in [6, 6.07) is 18.5. The van der Waals surface area contributed by atoms with Crippen molar-refractivity contribution in [1.29, 1.82) is 0 Å². The molecule has 180 valence electrons. The lowest BCUT2D eigenvalue weighted by atomic mass is 10.1. The second kappa shape index (κ2) is 9.79. The van der Waals surface area contributed by atoms with E-state index in [0.717, 1.165) is 27.8 Å². The molecule has 0 saturated carbocycles. The third-order valence-electron chi connectivity index (χ3n) is 5.31. The minimum atomic E-state index is -4.55. The van der Waals surface area contributed by atoms with Gasteiger partial charge >= 0.3 is 17.6 Å². The van der Waals surface area contributed by atoms with Crippen LogP contribution in [0.2, 0.25) is 5.02 Å². The lowest BCUT2D eigenvalue weighted by Gasteiger charge is -2.16. The average molecular weight is 501 g/mol. The average Bonchev–Trinajstić information content (AvgIpc) is 2.81. The van der Waals surface area contributed by atoms with Gasteiger partial charge in [-0.3, -0.25) is 4.57 Å². The highest BCUT2D eigenvalue weighted by atomic mass is 35.5. The van der Waals surface area contributed by atoms with E-state index in [0.29, 0.717) is 10.6 Å². The van der Waals surface area contributed by atoms with Gasteiger partial charge in [0, 0.05) is 10.7 Å². The summed E-state index contributed by atoms with van der Waals surface area (Å²) in [6.07, 6.45) is -4.55. The number of aromatic nitrogens is 3. The molecule has 0 atom stereocenters. The summed E-state index contributed by atoms with van der Waals surface area (Å²) in [5.41, 5.74) is 0.119. The second-order valence-electron chi connectivity index (χ2n) is 7.99. The molecule has 10 heteroatoms. The van der Waals surface area contributed by atoms with Gasteiger partial charge in [0.25, 0.3) is 0 Å². The van der Waals surface area contributed by atoms with Crippen molar-refractivity contribution in [2.24, 2.45) is 0 Å². The van der Waals surface area contributed by atoms with E-state index in [-0.39, 0.29) is 24.7 Å². The normalized spacial score (nSPS) is 11.5. The molecule has 4 rings (SSSR count). The van der Waals surface area contributed by atoms with Crippen molar-refractivity contribution in [1.82, 2.24) is 14.1 Å². The maximum atomic E-state index is 13.4. The van der Waals surface area contributed by atoms with Crippen molar-refractivity contribution in [2.45, 2.75) is 26.2 Å². The van der Waals surface area contributed by atoms with Crippen LogP contribution in [0.25, 0.3) is 0 Å². The van der Waals surface area contributed by atoms with Crippen LogP contribution in [0.5, 0.6) is 0 Å². The number of hydrogen-bond donors (Lipinski definition) is 1. The number of aryl methyl sites for hydroxylation is 1. The van der Waals surface area contributed by atoms with E-state index in [1.165, 1.54) is 16.7 Å². The predicted octanol–water partition coefficient (Wildman–Crippen LogP) is 5.23. The molecular formula is C25H20ClF3N4O2. The first kappa shape index (κ1) is 24.3. The molecule has 1 heterocycles. The van der Waals surface area contributed by atoms with E-state index in [2.05, 4.69) is 10.3 Å². The third-order valence-corrected chi connectivity index (χ3v) is 5.56. The van der Waals surface area contributed by atoms with E-state index >= 15 is 0 Å². The molecule has 0 aliphatic rings. The van der Waals surface area contributed by atoms with Crippen LogP contribution < -0.4 is 16.7 Å². The Bertz CT molecular complexity index is 1460. The number of rotatable bonds is 6. The van der Waals surface area contributed by atoms with Crippen LogP contribution in [0.15, 0.2) is 82.4 Å². The zero-order chi connectivity index (χ0) is 25.2. The van der Waals surface area contributed by atoms with Crippen molar-refractivity contribution in [3.05, 3.63) is 121 Å². The molecule has 3 aromatic carbocycles. The first-order valence-electron chi connectivity index (χ1n) is 10.6. The second-order valence-corrected chi connectivity index (χ2v) is 8.42. The van der Waals surface area contributed by atoms with Crippen LogP contribution in [0.1, 0.15) is 22.3 Å².